The van der Waals surface area contributed by atoms with Gasteiger partial charge in [-0.25, -0.2) is 0 Å². The van der Waals surface area contributed by atoms with Crippen molar-refractivity contribution in [2.24, 2.45) is 5.92 Å². The maximum Gasteiger partial charge on any atom is 0.221 e. The molecule has 1 aliphatic heterocycles. The summed E-state index contributed by atoms with van der Waals surface area (Å²) in [6.45, 7) is 3.30. The first-order valence-corrected chi connectivity index (χ1v) is 6.29. The Bertz CT molecular complexity index is 439. The fourth-order valence-corrected chi connectivity index (χ4v) is 2.24. The number of anilines is 1. The lowest BCUT2D eigenvalue weighted by molar-refractivity contribution is -0.114. The van der Waals surface area contributed by atoms with Crippen LogP contribution in [0, 0.1) is 5.92 Å². The molecular formula is C14H19ClN2O2. The summed E-state index contributed by atoms with van der Waals surface area (Å²) in [5, 5.41) is 5.94. The molecule has 4 nitrogen and oxygen atoms in total. The van der Waals surface area contributed by atoms with Crippen LogP contribution in [0.5, 0.6) is 0 Å². The van der Waals surface area contributed by atoms with E-state index < -0.39 is 0 Å². The van der Waals surface area contributed by atoms with Crippen molar-refractivity contribution in [1.82, 2.24) is 5.32 Å². The lowest BCUT2D eigenvalue weighted by Gasteiger charge is -2.21. The maximum absolute atomic E-state index is 12.2. The van der Waals surface area contributed by atoms with Crippen LogP contribution in [0.25, 0.3) is 0 Å². The number of piperidine rings is 1. The Morgan fingerprint density at radius 1 is 1.16 bits per heavy atom. The highest BCUT2D eigenvalue weighted by molar-refractivity contribution is 5.98. The van der Waals surface area contributed by atoms with Gasteiger partial charge in [0.25, 0.3) is 0 Å². The minimum atomic E-state index is -0.104. The van der Waals surface area contributed by atoms with Crippen molar-refractivity contribution in [1.29, 1.82) is 0 Å². The third-order valence-electron chi connectivity index (χ3n) is 3.20. The molecule has 1 heterocycles. The molecule has 0 radical (unpaired) electrons. The van der Waals surface area contributed by atoms with Crippen molar-refractivity contribution >= 4 is 29.8 Å². The number of Topliss-reactive ketones (excluding diaryl/α,β-unsaturated/α-hetero) is 1. The van der Waals surface area contributed by atoms with Gasteiger partial charge in [-0.1, -0.05) is 0 Å². The minimum absolute atomic E-state index is 0. The molecule has 1 aromatic carbocycles. The molecule has 1 aromatic rings. The molecule has 0 unspecified atom stereocenters. The number of halogens is 1. The highest BCUT2D eigenvalue weighted by atomic mass is 35.5. The Hall–Kier alpha value is -1.39. The van der Waals surface area contributed by atoms with Crippen LogP contribution in [0.1, 0.15) is 30.1 Å². The van der Waals surface area contributed by atoms with E-state index >= 15 is 0 Å². The van der Waals surface area contributed by atoms with Crippen molar-refractivity contribution < 1.29 is 9.59 Å². The van der Waals surface area contributed by atoms with Crippen LogP contribution in [0.2, 0.25) is 0 Å². The fraction of sp³-hybridized carbons (Fsp3) is 0.429. The van der Waals surface area contributed by atoms with Crippen LogP contribution in [-0.2, 0) is 4.79 Å². The average Bonchev–Trinajstić information content (AvgIpc) is 2.39. The smallest absolute Gasteiger partial charge is 0.221 e. The van der Waals surface area contributed by atoms with E-state index in [0.29, 0.717) is 0 Å². The zero-order chi connectivity index (χ0) is 13.0. The van der Waals surface area contributed by atoms with Gasteiger partial charge in [-0.05, 0) is 50.2 Å². The lowest BCUT2D eigenvalue weighted by atomic mass is 9.89. The normalized spacial score (nSPS) is 15.4. The molecule has 1 saturated heterocycles. The number of amides is 1. The van der Waals surface area contributed by atoms with Gasteiger partial charge in [-0.3, -0.25) is 9.59 Å². The number of carbonyl (C=O) groups is 2. The Kier molecular flexibility index (Phi) is 5.99. The van der Waals surface area contributed by atoms with Gasteiger partial charge < -0.3 is 10.6 Å². The third-order valence-corrected chi connectivity index (χ3v) is 3.20. The monoisotopic (exact) mass is 282 g/mol. The van der Waals surface area contributed by atoms with E-state index in [0.717, 1.165) is 37.2 Å². The number of benzene rings is 1. The van der Waals surface area contributed by atoms with Gasteiger partial charge >= 0.3 is 0 Å². The summed E-state index contributed by atoms with van der Waals surface area (Å²) in [7, 11) is 0. The standard InChI is InChI=1S/C14H18N2O2.ClH/c1-10(17)16-13-4-2-11(3-5-13)14(18)12-6-8-15-9-7-12;/h2-5,12,15H,6-9H2,1H3,(H,16,17);1H. The second kappa shape index (κ2) is 7.26. The highest BCUT2D eigenvalue weighted by Gasteiger charge is 2.21. The van der Waals surface area contributed by atoms with E-state index in [4.69, 9.17) is 0 Å². The lowest BCUT2D eigenvalue weighted by Crippen LogP contribution is -2.31. The third kappa shape index (κ3) is 4.33. The first kappa shape index (κ1) is 15.7. The summed E-state index contributed by atoms with van der Waals surface area (Å²) >= 11 is 0. The Labute approximate surface area is 119 Å². The molecule has 0 saturated carbocycles. The summed E-state index contributed by atoms with van der Waals surface area (Å²) in [6, 6.07) is 7.12. The van der Waals surface area contributed by atoms with Crippen molar-refractivity contribution in [3.63, 3.8) is 0 Å². The van der Waals surface area contributed by atoms with Gasteiger partial charge in [0.2, 0.25) is 5.91 Å². The van der Waals surface area contributed by atoms with Gasteiger partial charge in [0.05, 0.1) is 0 Å². The predicted molar refractivity (Wildman–Crippen MR) is 77.9 cm³/mol. The van der Waals surface area contributed by atoms with Crippen LogP contribution in [-0.4, -0.2) is 24.8 Å². The molecule has 0 bridgehead atoms. The van der Waals surface area contributed by atoms with E-state index in [-0.39, 0.29) is 30.0 Å². The zero-order valence-corrected chi connectivity index (χ0v) is 11.8. The van der Waals surface area contributed by atoms with E-state index in [1.54, 1.807) is 24.3 Å². The summed E-state index contributed by atoms with van der Waals surface area (Å²) in [5.74, 6) is 0.246. The van der Waals surface area contributed by atoms with Gasteiger partial charge in [0.1, 0.15) is 0 Å². The maximum atomic E-state index is 12.2. The molecule has 5 heteroatoms. The number of nitrogens with one attached hydrogen (secondary N) is 2. The molecule has 1 amide bonds. The molecule has 0 aliphatic carbocycles. The topological polar surface area (TPSA) is 58.2 Å². The Morgan fingerprint density at radius 2 is 1.74 bits per heavy atom. The van der Waals surface area contributed by atoms with Crippen molar-refractivity contribution in [2.45, 2.75) is 19.8 Å². The Morgan fingerprint density at radius 3 is 2.26 bits per heavy atom. The van der Waals surface area contributed by atoms with E-state index in [9.17, 15) is 9.59 Å². The van der Waals surface area contributed by atoms with Gasteiger partial charge in [-0.15, -0.1) is 12.4 Å². The van der Waals surface area contributed by atoms with E-state index in [2.05, 4.69) is 10.6 Å². The van der Waals surface area contributed by atoms with Crippen LogP contribution >= 0.6 is 12.4 Å². The molecule has 19 heavy (non-hydrogen) atoms. The van der Waals surface area contributed by atoms with E-state index in [1.165, 1.54) is 6.92 Å². The van der Waals surface area contributed by atoms with Gasteiger partial charge in [0.15, 0.2) is 5.78 Å². The molecule has 0 atom stereocenters. The second-order valence-corrected chi connectivity index (χ2v) is 4.65. The molecule has 0 spiro atoms. The number of rotatable bonds is 3. The van der Waals surface area contributed by atoms with Crippen LogP contribution in [0.15, 0.2) is 24.3 Å². The predicted octanol–water partition coefficient (Wildman–Crippen LogP) is 2.25. The summed E-state index contributed by atoms with van der Waals surface area (Å²) in [5.41, 5.74) is 1.46. The number of hydrogen-bond donors (Lipinski definition) is 2. The molecular weight excluding hydrogens is 264 g/mol. The quantitative estimate of drug-likeness (QED) is 0.836. The Balaban J connectivity index is 0.00000180. The van der Waals surface area contributed by atoms with Gasteiger partial charge in [-0.2, -0.15) is 0 Å². The van der Waals surface area contributed by atoms with Crippen molar-refractivity contribution in [3.05, 3.63) is 29.8 Å². The molecule has 0 aromatic heterocycles. The number of hydrogen-bond acceptors (Lipinski definition) is 3. The van der Waals surface area contributed by atoms with Crippen molar-refractivity contribution in [2.75, 3.05) is 18.4 Å². The van der Waals surface area contributed by atoms with Crippen LogP contribution in [0.3, 0.4) is 0 Å². The summed E-state index contributed by atoms with van der Waals surface area (Å²) in [6.07, 6.45) is 1.82. The molecule has 2 rings (SSSR count). The zero-order valence-electron chi connectivity index (χ0n) is 10.9. The number of ketones is 1. The molecule has 2 N–H and O–H groups in total. The first-order valence-electron chi connectivity index (χ1n) is 6.29. The minimum Gasteiger partial charge on any atom is -0.326 e. The number of carbonyl (C=O) groups excluding carboxylic acids is 2. The molecule has 104 valence electrons. The SMILES string of the molecule is CC(=O)Nc1ccc(C(=O)C2CCNCC2)cc1.Cl. The van der Waals surface area contributed by atoms with E-state index in [1.807, 2.05) is 0 Å². The summed E-state index contributed by atoms with van der Waals surface area (Å²) < 4.78 is 0. The van der Waals surface area contributed by atoms with Gasteiger partial charge in [0, 0.05) is 24.1 Å². The largest absolute Gasteiger partial charge is 0.326 e. The van der Waals surface area contributed by atoms with Crippen LogP contribution in [0.4, 0.5) is 5.69 Å². The van der Waals surface area contributed by atoms with Crippen LogP contribution < -0.4 is 10.6 Å². The summed E-state index contributed by atoms with van der Waals surface area (Å²) in [4.78, 5) is 23.1. The molecule has 1 aliphatic rings. The second-order valence-electron chi connectivity index (χ2n) is 4.65. The molecule has 1 fully saturated rings. The first-order chi connectivity index (χ1) is 8.66. The fourth-order valence-electron chi connectivity index (χ4n) is 2.24. The average molecular weight is 283 g/mol. The van der Waals surface area contributed by atoms with Crippen molar-refractivity contribution in [3.8, 4) is 0 Å². The highest BCUT2D eigenvalue weighted by Crippen LogP contribution is 2.19.